The van der Waals surface area contributed by atoms with Crippen LogP contribution in [0.15, 0.2) is 115 Å². The Morgan fingerprint density at radius 2 is 1.63 bits per heavy atom. The summed E-state index contributed by atoms with van der Waals surface area (Å²) in [6.45, 7) is 6.25. The van der Waals surface area contributed by atoms with E-state index in [4.69, 9.17) is 14.2 Å². The number of nitrogens with one attached hydrogen (secondary N) is 1. The van der Waals surface area contributed by atoms with Crippen LogP contribution in [-0.2, 0) is 27.4 Å². The summed E-state index contributed by atoms with van der Waals surface area (Å²) in [5.74, 6) is -0.261. The van der Waals surface area contributed by atoms with Crippen LogP contribution in [0, 0.1) is 6.92 Å². The van der Waals surface area contributed by atoms with Gasteiger partial charge in [-0.3, -0.25) is 9.36 Å². The Labute approximate surface area is 250 Å². The van der Waals surface area contributed by atoms with Crippen LogP contribution in [0.5, 0.6) is 0 Å². The Morgan fingerprint density at radius 3 is 2.26 bits per heavy atom. The molecule has 3 aromatic carbocycles. The summed E-state index contributed by atoms with van der Waals surface area (Å²) in [4.78, 5) is 30.1. The number of anilines is 1. The monoisotopic (exact) mass is 581 g/mol. The van der Waals surface area contributed by atoms with Gasteiger partial charge < -0.3 is 24.6 Å². The number of benzene rings is 3. The van der Waals surface area contributed by atoms with Gasteiger partial charge in [0.05, 0.1) is 19.8 Å². The summed E-state index contributed by atoms with van der Waals surface area (Å²) in [5, 5.41) is 14.3. The van der Waals surface area contributed by atoms with Crippen LogP contribution >= 0.6 is 0 Å². The van der Waals surface area contributed by atoms with Crippen molar-refractivity contribution in [2.45, 2.75) is 50.6 Å². The van der Waals surface area contributed by atoms with Gasteiger partial charge in [-0.25, -0.2) is 4.79 Å². The molecule has 0 spiro atoms. The van der Waals surface area contributed by atoms with E-state index in [0.717, 1.165) is 11.1 Å². The van der Waals surface area contributed by atoms with Gasteiger partial charge in [0.25, 0.3) is 5.91 Å². The minimum absolute atomic E-state index is 0.0767. The summed E-state index contributed by atoms with van der Waals surface area (Å²) in [5.41, 5.74) is 1.01. The molecule has 1 fully saturated rings. The molecule has 0 aliphatic carbocycles. The Bertz CT molecular complexity index is 1580. The molecule has 222 valence electrons. The number of ether oxygens (including phenoxy) is 3. The highest BCUT2D eigenvalue weighted by atomic mass is 16.6. The molecule has 0 saturated carbocycles. The number of hydrogen-bond donors (Lipinski definition) is 2. The first-order valence-corrected chi connectivity index (χ1v) is 14.1. The molecule has 2 N–H and O–H groups in total. The van der Waals surface area contributed by atoms with Crippen LogP contribution in [0.3, 0.4) is 0 Å². The molecular formula is C34H35N3O6. The number of amides is 1. The third-order valence-electron chi connectivity index (χ3n) is 7.37. The number of rotatable bonds is 12. The molecule has 1 amide bonds. The Hall–Kier alpha value is -4.41. The van der Waals surface area contributed by atoms with E-state index in [-0.39, 0.29) is 24.9 Å². The number of aliphatic hydroxyl groups excluding tert-OH is 1. The van der Waals surface area contributed by atoms with E-state index in [1.54, 1.807) is 37.3 Å². The topological polar surface area (TPSA) is 112 Å². The standard InChI is InChI=1S/C34H35N3O6/c1-3-19-34(23-41-21-25-13-7-4-8-14-25)29(42-22-26-15-9-5-10-16-26)28(38)32(43-34)37-20-24(2)30(36-33(37)40)35-31(39)27-17-11-6-12-18-27/h3-18,20,28-29,32,38H,1,19,21-23H2,2H3,(H,35,36,39,40)/t28-,29+,32-,34-/m1/s1. The molecule has 1 aliphatic heterocycles. The highest BCUT2D eigenvalue weighted by Crippen LogP contribution is 2.42. The van der Waals surface area contributed by atoms with Gasteiger partial charge in [0.2, 0.25) is 0 Å². The smallest absolute Gasteiger partial charge is 0.351 e. The predicted octanol–water partition coefficient (Wildman–Crippen LogP) is 4.81. The lowest BCUT2D eigenvalue weighted by atomic mass is 9.92. The number of aliphatic hydroxyl groups is 1. The number of carbonyl (C=O) groups is 1. The minimum atomic E-state index is -1.24. The Balaban J connectivity index is 1.42. The van der Waals surface area contributed by atoms with Gasteiger partial charge in [-0.15, -0.1) is 6.58 Å². The van der Waals surface area contributed by atoms with Crippen LogP contribution in [-0.4, -0.2) is 45.0 Å². The largest absolute Gasteiger partial charge is 0.386 e. The zero-order chi connectivity index (χ0) is 30.2. The first kappa shape index (κ1) is 30.1. The Kier molecular flexibility index (Phi) is 9.58. The summed E-state index contributed by atoms with van der Waals surface area (Å²) in [7, 11) is 0. The van der Waals surface area contributed by atoms with Gasteiger partial charge >= 0.3 is 5.69 Å². The lowest BCUT2D eigenvalue weighted by Crippen LogP contribution is -2.48. The second kappa shape index (κ2) is 13.7. The zero-order valence-corrected chi connectivity index (χ0v) is 24.0. The lowest BCUT2D eigenvalue weighted by molar-refractivity contribution is -0.155. The van der Waals surface area contributed by atoms with Crippen molar-refractivity contribution >= 4 is 11.7 Å². The number of carbonyl (C=O) groups excluding carboxylic acids is 1. The van der Waals surface area contributed by atoms with Crippen molar-refractivity contribution in [2.75, 3.05) is 11.9 Å². The first-order chi connectivity index (χ1) is 20.9. The summed E-state index contributed by atoms with van der Waals surface area (Å²) in [6.07, 6.45) is 0.269. The van der Waals surface area contributed by atoms with E-state index < -0.39 is 29.7 Å². The van der Waals surface area contributed by atoms with Gasteiger partial charge in [-0.1, -0.05) is 84.9 Å². The molecule has 0 radical (unpaired) electrons. The van der Waals surface area contributed by atoms with E-state index in [9.17, 15) is 14.7 Å². The summed E-state index contributed by atoms with van der Waals surface area (Å²) < 4.78 is 20.2. The molecule has 1 aromatic heterocycles. The van der Waals surface area contributed by atoms with Crippen molar-refractivity contribution in [3.63, 3.8) is 0 Å². The van der Waals surface area contributed by atoms with Crippen molar-refractivity contribution in [1.29, 1.82) is 0 Å². The van der Waals surface area contributed by atoms with Gasteiger partial charge in [-0.05, 0) is 36.6 Å². The minimum Gasteiger partial charge on any atom is -0.386 e. The molecule has 1 aliphatic rings. The molecule has 4 atom stereocenters. The highest BCUT2D eigenvalue weighted by molar-refractivity contribution is 6.04. The normalized spacial score (nSPS) is 21.4. The van der Waals surface area contributed by atoms with Crippen LogP contribution in [0.2, 0.25) is 0 Å². The molecule has 9 heteroatoms. The molecule has 43 heavy (non-hydrogen) atoms. The van der Waals surface area contributed by atoms with Gasteiger partial charge in [0.15, 0.2) is 6.23 Å². The van der Waals surface area contributed by atoms with Gasteiger partial charge in [0.1, 0.15) is 23.6 Å². The summed E-state index contributed by atoms with van der Waals surface area (Å²) in [6, 6.07) is 28.0. The van der Waals surface area contributed by atoms with Gasteiger partial charge in [-0.2, -0.15) is 4.98 Å². The fourth-order valence-electron chi connectivity index (χ4n) is 5.21. The van der Waals surface area contributed by atoms with Crippen LogP contribution in [0.25, 0.3) is 0 Å². The van der Waals surface area contributed by atoms with Crippen molar-refractivity contribution in [1.82, 2.24) is 9.55 Å². The maximum absolute atomic E-state index is 13.3. The molecule has 0 bridgehead atoms. The van der Waals surface area contributed by atoms with Crippen molar-refractivity contribution < 1.29 is 24.1 Å². The predicted molar refractivity (Wildman–Crippen MR) is 162 cm³/mol. The number of aryl methyl sites for hydroxylation is 1. The van der Waals surface area contributed by atoms with Gasteiger partial charge in [0, 0.05) is 17.3 Å². The number of hydrogen-bond acceptors (Lipinski definition) is 7. The maximum atomic E-state index is 13.3. The third kappa shape index (κ3) is 6.98. The number of nitrogens with zero attached hydrogens (tertiary/aromatic N) is 2. The average Bonchev–Trinajstić information content (AvgIpc) is 3.29. The molecule has 9 nitrogen and oxygen atoms in total. The van der Waals surface area contributed by atoms with E-state index in [1.165, 1.54) is 10.8 Å². The van der Waals surface area contributed by atoms with Crippen molar-refractivity contribution in [2.24, 2.45) is 0 Å². The lowest BCUT2D eigenvalue weighted by Gasteiger charge is -2.33. The van der Waals surface area contributed by atoms with E-state index in [2.05, 4.69) is 16.9 Å². The molecule has 0 unspecified atom stereocenters. The fourth-order valence-corrected chi connectivity index (χ4v) is 5.21. The maximum Gasteiger partial charge on any atom is 0.351 e. The molecule has 1 saturated heterocycles. The van der Waals surface area contributed by atoms with Crippen LogP contribution < -0.4 is 11.0 Å². The number of aromatic nitrogens is 2. The van der Waals surface area contributed by atoms with Crippen LogP contribution in [0.4, 0.5) is 5.82 Å². The first-order valence-electron chi connectivity index (χ1n) is 14.1. The second-order valence-electron chi connectivity index (χ2n) is 10.5. The quantitative estimate of drug-likeness (QED) is 0.231. The molecule has 4 aromatic rings. The molecule has 5 rings (SSSR count). The van der Waals surface area contributed by atoms with Crippen molar-refractivity contribution in [3.05, 3.63) is 143 Å². The fraction of sp³-hybridized carbons (Fsp3) is 0.265. The zero-order valence-electron chi connectivity index (χ0n) is 24.0. The second-order valence-corrected chi connectivity index (χ2v) is 10.5. The van der Waals surface area contributed by atoms with E-state index in [1.807, 2.05) is 66.7 Å². The van der Waals surface area contributed by atoms with Crippen LogP contribution in [0.1, 0.15) is 39.7 Å². The molecule has 2 heterocycles. The SMILES string of the molecule is C=CC[C@]1(COCc2ccccc2)O[C@@H](n2cc(C)c(NC(=O)c3ccccc3)nc2=O)[C@H](O)[C@@H]1OCc1ccccc1. The van der Waals surface area contributed by atoms with E-state index >= 15 is 0 Å². The third-order valence-corrected chi connectivity index (χ3v) is 7.37. The van der Waals surface area contributed by atoms with Crippen molar-refractivity contribution in [3.8, 4) is 0 Å². The average molecular weight is 582 g/mol. The molecular weight excluding hydrogens is 546 g/mol. The Morgan fingerprint density at radius 1 is 1.02 bits per heavy atom. The van der Waals surface area contributed by atoms with E-state index in [0.29, 0.717) is 24.2 Å². The summed E-state index contributed by atoms with van der Waals surface area (Å²) >= 11 is 0. The highest BCUT2D eigenvalue weighted by Gasteiger charge is 2.56.